The third-order valence-electron chi connectivity index (χ3n) is 3.15. The smallest absolute Gasteiger partial charge is 0.237 e. The Morgan fingerprint density at radius 3 is 2.81 bits per heavy atom. The molecule has 1 aromatic carbocycles. The van der Waals surface area contributed by atoms with Crippen molar-refractivity contribution >= 4 is 5.91 Å². The molecule has 6 heteroatoms. The van der Waals surface area contributed by atoms with E-state index < -0.39 is 6.04 Å². The first-order valence-electron chi connectivity index (χ1n) is 6.94. The first-order chi connectivity index (χ1) is 10.1. The van der Waals surface area contributed by atoms with Crippen molar-refractivity contribution in [3.8, 4) is 5.75 Å². The van der Waals surface area contributed by atoms with Gasteiger partial charge in [0.2, 0.25) is 5.91 Å². The van der Waals surface area contributed by atoms with E-state index in [1.807, 2.05) is 16.9 Å². The molecule has 0 saturated heterocycles. The molecule has 0 bridgehead atoms. The number of nitrogens with one attached hydrogen (secondary N) is 1. The van der Waals surface area contributed by atoms with Crippen molar-refractivity contribution < 1.29 is 9.90 Å². The molecule has 0 radical (unpaired) electrons. The number of hydrogen-bond acceptors (Lipinski definition) is 4. The highest BCUT2D eigenvalue weighted by atomic mass is 16.3. The van der Waals surface area contributed by atoms with Gasteiger partial charge in [-0.1, -0.05) is 12.1 Å². The van der Waals surface area contributed by atoms with Crippen LogP contribution in [0, 0.1) is 0 Å². The highest BCUT2D eigenvalue weighted by Crippen LogP contribution is 2.10. The number of nitrogens with two attached hydrogens (primary N) is 1. The number of nitrogens with zero attached hydrogens (tertiary/aromatic N) is 2. The predicted molar refractivity (Wildman–Crippen MR) is 79.6 cm³/mol. The fourth-order valence-electron chi connectivity index (χ4n) is 2.00. The minimum absolute atomic E-state index is 0.163. The van der Waals surface area contributed by atoms with Crippen molar-refractivity contribution in [3.05, 3.63) is 48.3 Å². The van der Waals surface area contributed by atoms with Crippen LogP contribution in [0.2, 0.25) is 0 Å². The van der Waals surface area contributed by atoms with Gasteiger partial charge in [0.1, 0.15) is 5.75 Å². The van der Waals surface area contributed by atoms with Gasteiger partial charge in [0.05, 0.1) is 6.04 Å². The number of carbonyl (C=O) groups excluding carboxylic acids is 1. The molecule has 1 atom stereocenters. The molecule has 0 spiro atoms. The lowest BCUT2D eigenvalue weighted by Gasteiger charge is -2.12. The summed E-state index contributed by atoms with van der Waals surface area (Å²) >= 11 is 0. The van der Waals surface area contributed by atoms with Crippen molar-refractivity contribution in [3.63, 3.8) is 0 Å². The molecule has 0 aliphatic heterocycles. The van der Waals surface area contributed by atoms with E-state index in [1.165, 1.54) is 0 Å². The first kappa shape index (κ1) is 15.1. The van der Waals surface area contributed by atoms with E-state index in [0.29, 0.717) is 13.0 Å². The van der Waals surface area contributed by atoms with Gasteiger partial charge >= 0.3 is 0 Å². The number of benzene rings is 1. The Bertz CT molecular complexity index is 552. The van der Waals surface area contributed by atoms with E-state index in [1.54, 1.807) is 30.5 Å². The topological polar surface area (TPSA) is 93.2 Å². The fraction of sp³-hybridized carbons (Fsp3) is 0.333. The summed E-state index contributed by atoms with van der Waals surface area (Å²) in [6.45, 7) is 1.34. The molecule has 6 nitrogen and oxygen atoms in total. The average Bonchev–Trinajstić information content (AvgIpc) is 2.99. The van der Waals surface area contributed by atoms with Crippen LogP contribution in [0.4, 0.5) is 0 Å². The number of carbonyl (C=O) groups is 1. The molecular formula is C15H20N4O2. The van der Waals surface area contributed by atoms with Gasteiger partial charge < -0.3 is 16.2 Å². The zero-order valence-electron chi connectivity index (χ0n) is 11.8. The molecule has 1 heterocycles. The monoisotopic (exact) mass is 288 g/mol. The van der Waals surface area contributed by atoms with Crippen molar-refractivity contribution in [1.82, 2.24) is 15.1 Å². The van der Waals surface area contributed by atoms with Crippen molar-refractivity contribution in [2.75, 3.05) is 6.54 Å². The average molecular weight is 288 g/mol. The standard InChI is InChI=1S/C15H20N4O2/c16-14(11-12-3-5-13(20)6-4-12)15(21)17-7-1-9-19-10-2-8-18-19/h2-6,8,10,14,20H,1,7,9,11,16H2,(H,17,21). The van der Waals surface area contributed by atoms with Gasteiger partial charge in [0.15, 0.2) is 0 Å². The second-order valence-corrected chi connectivity index (χ2v) is 4.89. The molecule has 0 aliphatic rings. The third kappa shape index (κ3) is 4.92. The molecule has 1 amide bonds. The Labute approximate surface area is 123 Å². The van der Waals surface area contributed by atoms with Crippen LogP contribution in [0.5, 0.6) is 5.75 Å². The number of aromatic hydroxyl groups is 1. The summed E-state index contributed by atoms with van der Waals surface area (Å²) in [4.78, 5) is 11.9. The number of phenolic OH excluding ortho intramolecular Hbond substituents is 1. The molecule has 21 heavy (non-hydrogen) atoms. The van der Waals surface area contributed by atoms with Crippen LogP contribution >= 0.6 is 0 Å². The lowest BCUT2D eigenvalue weighted by Crippen LogP contribution is -2.42. The quantitative estimate of drug-likeness (QED) is 0.653. The predicted octanol–water partition coefficient (Wildman–Crippen LogP) is 0.665. The van der Waals surface area contributed by atoms with Gasteiger partial charge in [0, 0.05) is 25.5 Å². The van der Waals surface area contributed by atoms with Gasteiger partial charge in [-0.15, -0.1) is 0 Å². The fourth-order valence-corrected chi connectivity index (χ4v) is 2.00. The van der Waals surface area contributed by atoms with Crippen molar-refractivity contribution in [1.29, 1.82) is 0 Å². The summed E-state index contributed by atoms with van der Waals surface area (Å²) in [6, 6.07) is 7.99. The number of aryl methyl sites for hydroxylation is 1. The normalized spacial score (nSPS) is 12.0. The SMILES string of the molecule is NC(Cc1ccc(O)cc1)C(=O)NCCCn1cccn1. The molecule has 0 saturated carbocycles. The summed E-state index contributed by atoms with van der Waals surface area (Å²) in [6.07, 6.45) is 4.87. The molecule has 112 valence electrons. The number of rotatable bonds is 7. The zero-order chi connectivity index (χ0) is 15.1. The maximum absolute atomic E-state index is 11.9. The molecule has 4 N–H and O–H groups in total. The van der Waals surface area contributed by atoms with Crippen LogP contribution in [-0.4, -0.2) is 33.4 Å². The Kier molecular flexibility index (Phi) is 5.34. The van der Waals surface area contributed by atoms with Crippen molar-refractivity contribution in [2.45, 2.75) is 25.4 Å². The first-order valence-corrected chi connectivity index (χ1v) is 6.94. The lowest BCUT2D eigenvalue weighted by atomic mass is 10.1. The van der Waals surface area contributed by atoms with Gasteiger partial charge in [0.25, 0.3) is 0 Å². The molecule has 0 fully saturated rings. The maximum Gasteiger partial charge on any atom is 0.237 e. The maximum atomic E-state index is 11.9. The van der Waals surface area contributed by atoms with Gasteiger partial charge in [-0.05, 0) is 36.6 Å². The van der Waals surface area contributed by atoms with E-state index in [2.05, 4.69) is 10.4 Å². The van der Waals surface area contributed by atoms with E-state index in [9.17, 15) is 9.90 Å². The minimum Gasteiger partial charge on any atom is -0.508 e. The van der Waals surface area contributed by atoms with Gasteiger partial charge in [-0.3, -0.25) is 9.48 Å². The van der Waals surface area contributed by atoms with Gasteiger partial charge in [-0.2, -0.15) is 5.10 Å². The molecule has 0 aliphatic carbocycles. The number of aromatic nitrogens is 2. The Morgan fingerprint density at radius 2 is 2.14 bits per heavy atom. The second-order valence-electron chi connectivity index (χ2n) is 4.89. The zero-order valence-corrected chi connectivity index (χ0v) is 11.8. The van der Waals surface area contributed by atoms with Crippen molar-refractivity contribution in [2.24, 2.45) is 5.73 Å². The van der Waals surface area contributed by atoms with Gasteiger partial charge in [-0.25, -0.2) is 0 Å². The molecule has 2 rings (SSSR count). The summed E-state index contributed by atoms with van der Waals surface area (Å²) in [5.74, 6) is 0.0407. The Morgan fingerprint density at radius 1 is 1.38 bits per heavy atom. The molecule has 1 unspecified atom stereocenters. The van der Waals surface area contributed by atoms with E-state index in [-0.39, 0.29) is 11.7 Å². The van der Waals surface area contributed by atoms with Crippen LogP contribution in [0.15, 0.2) is 42.7 Å². The lowest BCUT2D eigenvalue weighted by molar-refractivity contribution is -0.122. The van der Waals surface area contributed by atoms with Crippen LogP contribution in [0.3, 0.4) is 0 Å². The highest BCUT2D eigenvalue weighted by Gasteiger charge is 2.13. The Balaban J connectivity index is 1.68. The minimum atomic E-state index is -0.584. The summed E-state index contributed by atoms with van der Waals surface area (Å²) in [5.41, 5.74) is 6.80. The molecular weight excluding hydrogens is 268 g/mol. The van der Waals surface area contributed by atoms with E-state index in [4.69, 9.17) is 5.73 Å². The largest absolute Gasteiger partial charge is 0.508 e. The van der Waals surface area contributed by atoms with E-state index in [0.717, 1.165) is 18.5 Å². The number of amides is 1. The molecule has 2 aromatic rings. The summed E-state index contributed by atoms with van der Waals surface area (Å²) < 4.78 is 1.82. The number of phenols is 1. The summed E-state index contributed by atoms with van der Waals surface area (Å²) in [5, 5.41) is 16.1. The van der Waals surface area contributed by atoms with E-state index >= 15 is 0 Å². The summed E-state index contributed by atoms with van der Waals surface area (Å²) in [7, 11) is 0. The van der Waals surface area contributed by atoms with Crippen LogP contribution in [0.1, 0.15) is 12.0 Å². The number of hydrogen-bond donors (Lipinski definition) is 3. The second kappa shape index (κ2) is 7.44. The van der Waals surface area contributed by atoms with Crippen LogP contribution in [-0.2, 0) is 17.8 Å². The van der Waals surface area contributed by atoms with Crippen LogP contribution < -0.4 is 11.1 Å². The highest BCUT2D eigenvalue weighted by molar-refractivity contribution is 5.81. The molecule has 1 aromatic heterocycles. The Hall–Kier alpha value is -2.34. The third-order valence-corrected chi connectivity index (χ3v) is 3.15. The van der Waals surface area contributed by atoms with Crippen LogP contribution in [0.25, 0.3) is 0 Å².